The van der Waals surface area contributed by atoms with Crippen LogP contribution >= 0.6 is 11.6 Å². The summed E-state index contributed by atoms with van der Waals surface area (Å²) in [6.07, 6.45) is 2.51. The number of carbonyl (C=O) groups excluding carboxylic acids is 1. The zero-order valence-electron chi connectivity index (χ0n) is 15.5. The number of hydrogen-bond acceptors (Lipinski definition) is 4. The first-order valence-electron chi connectivity index (χ1n) is 9.01. The van der Waals surface area contributed by atoms with E-state index in [0.29, 0.717) is 31.0 Å². The smallest absolute Gasteiger partial charge is 0.243 e. The molecule has 1 aliphatic rings. The molecule has 0 spiro atoms. The number of nitrogens with one attached hydrogen (secondary N) is 1. The maximum Gasteiger partial charge on any atom is 0.243 e. The molecule has 0 saturated carbocycles. The fraction of sp³-hybridized carbons (Fsp3) is 0.300. The Morgan fingerprint density at radius 3 is 2.32 bits per heavy atom. The van der Waals surface area contributed by atoms with Crippen LogP contribution in [0.15, 0.2) is 58.5 Å². The van der Waals surface area contributed by atoms with Gasteiger partial charge in [0.15, 0.2) is 0 Å². The molecule has 3 rings (SSSR count). The van der Waals surface area contributed by atoms with Crippen molar-refractivity contribution in [3.63, 3.8) is 0 Å². The number of carbonyl (C=O) groups is 1. The molecule has 1 aliphatic heterocycles. The Morgan fingerprint density at radius 2 is 1.71 bits per heavy atom. The van der Waals surface area contributed by atoms with E-state index in [9.17, 15) is 13.2 Å². The Bertz CT molecular complexity index is 949. The highest BCUT2D eigenvalue weighted by Crippen LogP contribution is 2.24. The van der Waals surface area contributed by atoms with Gasteiger partial charge in [0, 0.05) is 24.0 Å². The van der Waals surface area contributed by atoms with Gasteiger partial charge in [-0.05, 0) is 49.6 Å². The number of hydrogen-bond donors (Lipinski definition) is 1. The largest absolute Gasteiger partial charge is 0.273 e. The molecule has 1 amide bonds. The third-order valence-corrected chi connectivity index (χ3v) is 6.91. The molecule has 1 heterocycles. The van der Waals surface area contributed by atoms with Crippen molar-refractivity contribution >= 4 is 33.7 Å². The number of nitrogens with zero attached hydrogens (tertiary/aromatic N) is 2. The minimum Gasteiger partial charge on any atom is -0.273 e. The number of rotatable bonds is 5. The van der Waals surface area contributed by atoms with Gasteiger partial charge in [-0.2, -0.15) is 9.41 Å². The lowest BCUT2D eigenvalue weighted by atomic mass is 9.98. The van der Waals surface area contributed by atoms with Crippen molar-refractivity contribution in [2.75, 3.05) is 13.1 Å². The van der Waals surface area contributed by atoms with Crippen molar-refractivity contribution in [3.05, 3.63) is 64.7 Å². The summed E-state index contributed by atoms with van der Waals surface area (Å²) < 4.78 is 26.8. The van der Waals surface area contributed by atoms with Crippen LogP contribution in [0.3, 0.4) is 0 Å². The molecule has 8 heteroatoms. The Labute approximate surface area is 170 Å². The summed E-state index contributed by atoms with van der Waals surface area (Å²) in [6.45, 7) is 2.59. The van der Waals surface area contributed by atoms with Crippen molar-refractivity contribution in [2.45, 2.75) is 24.7 Å². The van der Waals surface area contributed by atoms with Gasteiger partial charge in [0.05, 0.1) is 11.1 Å². The molecular formula is C20H22ClN3O3S. The van der Waals surface area contributed by atoms with Gasteiger partial charge in [-0.1, -0.05) is 41.4 Å². The minimum atomic E-state index is -3.57. The zero-order valence-corrected chi connectivity index (χ0v) is 17.1. The first-order valence-corrected chi connectivity index (χ1v) is 10.8. The molecule has 1 fully saturated rings. The van der Waals surface area contributed by atoms with Gasteiger partial charge < -0.3 is 0 Å². The van der Waals surface area contributed by atoms with E-state index in [1.54, 1.807) is 18.3 Å². The number of sulfonamides is 1. The quantitative estimate of drug-likeness (QED) is 0.597. The van der Waals surface area contributed by atoms with Gasteiger partial charge in [-0.3, -0.25) is 4.79 Å². The Morgan fingerprint density at radius 1 is 1.11 bits per heavy atom. The maximum absolute atomic E-state index is 12.7. The van der Waals surface area contributed by atoms with Crippen molar-refractivity contribution in [1.29, 1.82) is 0 Å². The lowest BCUT2D eigenvalue weighted by Crippen LogP contribution is -2.42. The molecule has 1 N–H and O–H groups in total. The highest BCUT2D eigenvalue weighted by atomic mass is 35.5. The number of aryl methyl sites for hydroxylation is 1. The van der Waals surface area contributed by atoms with Crippen LogP contribution in [0.5, 0.6) is 0 Å². The van der Waals surface area contributed by atoms with Gasteiger partial charge in [0.2, 0.25) is 15.9 Å². The second kappa shape index (κ2) is 8.86. The average Bonchev–Trinajstić information content (AvgIpc) is 2.70. The fourth-order valence-electron chi connectivity index (χ4n) is 3.03. The average molecular weight is 420 g/mol. The van der Waals surface area contributed by atoms with E-state index < -0.39 is 10.0 Å². The predicted molar refractivity (Wildman–Crippen MR) is 110 cm³/mol. The van der Waals surface area contributed by atoms with E-state index in [1.807, 2.05) is 31.2 Å². The molecule has 0 aliphatic carbocycles. The molecule has 2 aromatic rings. The zero-order chi connectivity index (χ0) is 20.1. The van der Waals surface area contributed by atoms with Gasteiger partial charge >= 0.3 is 0 Å². The van der Waals surface area contributed by atoms with Crippen molar-refractivity contribution < 1.29 is 13.2 Å². The van der Waals surface area contributed by atoms with Crippen molar-refractivity contribution in [1.82, 2.24) is 9.73 Å². The first-order chi connectivity index (χ1) is 13.4. The van der Waals surface area contributed by atoms with Gasteiger partial charge in [0.25, 0.3) is 0 Å². The van der Waals surface area contributed by atoms with Crippen LogP contribution < -0.4 is 5.43 Å². The molecule has 148 valence electrons. The number of halogens is 1. The monoisotopic (exact) mass is 419 g/mol. The number of hydrazone groups is 1. The van der Waals surface area contributed by atoms with Crippen LogP contribution in [0.1, 0.15) is 24.0 Å². The molecule has 28 heavy (non-hydrogen) atoms. The van der Waals surface area contributed by atoms with E-state index >= 15 is 0 Å². The van der Waals surface area contributed by atoms with Crippen LogP contribution in [0, 0.1) is 12.8 Å². The molecule has 0 aromatic heterocycles. The minimum absolute atomic E-state index is 0.188. The summed E-state index contributed by atoms with van der Waals surface area (Å²) >= 11 is 5.82. The normalized spacial score (nSPS) is 16.4. The number of piperidine rings is 1. The van der Waals surface area contributed by atoms with E-state index in [1.165, 1.54) is 16.4 Å². The molecule has 0 radical (unpaired) electrons. The second-order valence-corrected chi connectivity index (χ2v) is 9.15. The maximum atomic E-state index is 12.7. The molecule has 0 unspecified atom stereocenters. The van der Waals surface area contributed by atoms with Crippen LogP contribution in [0.25, 0.3) is 0 Å². The molecule has 0 bridgehead atoms. The van der Waals surface area contributed by atoms with Gasteiger partial charge in [-0.25, -0.2) is 13.8 Å². The lowest BCUT2D eigenvalue weighted by molar-refractivity contribution is -0.126. The highest BCUT2D eigenvalue weighted by Gasteiger charge is 2.32. The molecule has 2 aromatic carbocycles. The molecule has 0 atom stereocenters. The standard InChI is InChI=1S/C20H22ClN3O3S/c1-15-2-4-16(5-3-15)14-22-23-20(25)17-10-12-24(13-11-17)28(26,27)19-8-6-18(21)7-9-19/h2-9,14,17H,10-13H2,1H3,(H,23,25)/b22-14-. The van der Waals surface area contributed by atoms with Gasteiger partial charge in [-0.15, -0.1) is 0 Å². The van der Waals surface area contributed by atoms with Crippen LogP contribution in [-0.2, 0) is 14.8 Å². The Hall–Kier alpha value is -2.22. The van der Waals surface area contributed by atoms with Crippen molar-refractivity contribution in [3.8, 4) is 0 Å². The third kappa shape index (κ3) is 4.98. The first kappa shape index (κ1) is 20.5. The summed E-state index contributed by atoms with van der Waals surface area (Å²) in [7, 11) is -3.57. The van der Waals surface area contributed by atoms with Gasteiger partial charge in [0.1, 0.15) is 0 Å². The van der Waals surface area contributed by atoms with Crippen LogP contribution in [0.4, 0.5) is 0 Å². The predicted octanol–water partition coefficient (Wildman–Crippen LogP) is 3.20. The SMILES string of the molecule is Cc1ccc(/C=N\NC(=O)C2CCN(S(=O)(=O)c3ccc(Cl)cc3)CC2)cc1. The summed E-state index contributed by atoms with van der Waals surface area (Å²) in [5.74, 6) is -0.446. The Kier molecular flexibility index (Phi) is 6.49. The molecular weight excluding hydrogens is 398 g/mol. The highest BCUT2D eigenvalue weighted by molar-refractivity contribution is 7.89. The second-order valence-electron chi connectivity index (χ2n) is 6.78. The van der Waals surface area contributed by atoms with E-state index in [2.05, 4.69) is 10.5 Å². The molecule has 1 saturated heterocycles. The summed E-state index contributed by atoms with van der Waals surface area (Å²) in [4.78, 5) is 12.5. The fourth-order valence-corrected chi connectivity index (χ4v) is 4.62. The topological polar surface area (TPSA) is 78.8 Å². The van der Waals surface area contributed by atoms with E-state index in [-0.39, 0.29) is 16.7 Å². The summed E-state index contributed by atoms with van der Waals surface area (Å²) in [5.41, 5.74) is 4.61. The summed E-state index contributed by atoms with van der Waals surface area (Å²) in [6, 6.07) is 13.9. The van der Waals surface area contributed by atoms with Crippen LogP contribution in [0.2, 0.25) is 5.02 Å². The summed E-state index contributed by atoms with van der Waals surface area (Å²) in [5, 5.41) is 4.49. The van der Waals surface area contributed by atoms with E-state index in [0.717, 1.165) is 11.1 Å². The van der Waals surface area contributed by atoms with Crippen LogP contribution in [-0.4, -0.2) is 37.9 Å². The van der Waals surface area contributed by atoms with E-state index in [4.69, 9.17) is 11.6 Å². The van der Waals surface area contributed by atoms with Crippen molar-refractivity contribution in [2.24, 2.45) is 11.0 Å². The lowest BCUT2D eigenvalue weighted by Gasteiger charge is -2.30. The Balaban J connectivity index is 1.53. The number of amides is 1. The molecule has 6 nitrogen and oxygen atoms in total. The third-order valence-electron chi connectivity index (χ3n) is 4.74. The number of benzene rings is 2.